The molecule has 3 aromatic rings. The minimum atomic E-state index is -0.0954. The van der Waals surface area contributed by atoms with E-state index in [0.717, 1.165) is 5.56 Å². The van der Waals surface area contributed by atoms with Crippen LogP contribution in [0.5, 0.6) is 0 Å². The van der Waals surface area contributed by atoms with Crippen LogP contribution in [-0.2, 0) is 11.2 Å². The molecule has 1 aromatic heterocycles. The third kappa shape index (κ3) is 5.50. The Balaban J connectivity index is 1.45. The molecule has 2 aromatic carbocycles. The van der Waals surface area contributed by atoms with Gasteiger partial charge in [-0.25, -0.2) is 0 Å². The zero-order chi connectivity index (χ0) is 18.2. The number of benzene rings is 2. The first-order valence-corrected chi connectivity index (χ1v) is 9.89. The smallest absolute Gasteiger partial charge is 0.226 e. The molecule has 0 fully saturated rings. The fraction of sp³-hybridized carbons (Fsp3) is 0.158. The molecule has 1 N–H and O–H groups in total. The van der Waals surface area contributed by atoms with Gasteiger partial charge in [-0.2, -0.15) is 0 Å². The van der Waals surface area contributed by atoms with E-state index in [1.165, 1.54) is 23.1 Å². The molecule has 0 spiro atoms. The van der Waals surface area contributed by atoms with Crippen LogP contribution < -0.4 is 5.32 Å². The number of aromatic nitrogens is 2. The number of amides is 1. The lowest BCUT2D eigenvalue weighted by atomic mass is 10.1. The molecule has 0 aliphatic heterocycles. The van der Waals surface area contributed by atoms with E-state index in [4.69, 9.17) is 0 Å². The second kappa shape index (κ2) is 9.26. The summed E-state index contributed by atoms with van der Waals surface area (Å²) in [5.41, 5.74) is 1.80. The van der Waals surface area contributed by atoms with E-state index in [1.807, 2.05) is 48.5 Å². The van der Waals surface area contributed by atoms with Gasteiger partial charge in [0.25, 0.3) is 0 Å². The van der Waals surface area contributed by atoms with Gasteiger partial charge in [-0.1, -0.05) is 83.8 Å². The molecule has 7 heteroatoms. The largest absolute Gasteiger partial charge is 0.300 e. The highest BCUT2D eigenvalue weighted by molar-refractivity contribution is 8.01. The van der Waals surface area contributed by atoms with Crippen LogP contribution in [-0.4, -0.2) is 27.6 Å². The van der Waals surface area contributed by atoms with Crippen molar-refractivity contribution in [2.24, 2.45) is 0 Å². The first-order valence-electron chi connectivity index (χ1n) is 8.09. The van der Waals surface area contributed by atoms with Crippen LogP contribution >= 0.6 is 23.1 Å². The number of thioether (sulfide) groups is 1. The van der Waals surface area contributed by atoms with E-state index >= 15 is 0 Å². The second-order valence-electron chi connectivity index (χ2n) is 5.48. The number of hydrogen-bond donors (Lipinski definition) is 1. The zero-order valence-electron chi connectivity index (χ0n) is 13.9. The van der Waals surface area contributed by atoms with Crippen molar-refractivity contribution >= 4 is 39.9 Å². The van der Waals surface area contributed by atoms with Gasteiger partial charge in [-0.15, -0.1) is 10.2 Å². The van der Waals surface area contributed by atoms with Gasteiger partial charge in [0, 0.05) is 12.0 Å². The summed E-state index contributed by atoms with van der Waals surface area (Å²) in [4.78, 5) is 24.1. The molecule has 0 radical (unpaired) electrons. The lowest BCUT2D eigenvalue weighted by Gasteiger charge is -2.01. The van der Waals surface area contributed by atoms with Gasteiger partial charge in [0.15, 0.2) is 10.1 Å². The van der Waals surface area contributed by atoms with Crippen LogP contribution in [0.2, 0.25) is 0 Å². The summed E-state index contributed by atoms with van der Waals surface area (Å²) in [5.74, 6) is 0.238. The predicted molar refractivity (Wildman–Crippen MR) is 105 cm³/mol. The predicted octanol–water partition coefficient (Wildman–Crippen LogP) is 4.08. The van der Waals surface area contributed by atoms with Gasteiger partial charge >= 0.3 is 0 Å². The summed E-state index contributed by atoms with van der Waals surface area (Å²) >= 11 is 2.60. The number of nitrogens with zero attached hydrogens (tertiary/aromatic N) is 2. The Morgan fingerprint density at radius 2 is 1.65 bits per heavy atom. The lowest BCUT2D eigenvalue weighted by Crippen LogP contribution is -2.12. The van der Waals surface area contributed by atoms with E-state index in [1.54, 1.807) is 12.1 Å². The fourth-order valence-electron chi connectivity index (χ4n) is 2.24. The lowest BCUT2D eigenvalue weighted by molar-refractivity contribution is -0.116. The molecule has 3 rings (SSSR count). The van der Waals surface area contributed by atoms with Crippen LogP contribution in [0.3, 0.4) is 0 Å². The molecule has 0 aliphatic rings. The van der Waals surface area contributed by atoms with Crippen molar-refractivity contribution in [2.75, 3.05) is 11.1 Å². The molecule has 0 aliphatic carbocycles. The topological polar surface area (TPSA) is 72.0 Å². The third-order valence-corrected chi connectivity index (χ3v) is 5.53. The average molecular weight is 383 g/mol. The van der Waals surface area contributed by atoms with E-state index in [0.29, 0.717) is 33.6 Å². The number of nitrogens with one attached hydrogen (secondary N) is 1. The maximum Gasteiger partial charge on any atom is 0.226 e. The van der Waals surface area contributed by atoms with Crippen molar-refractivity contribution in [2.45, 2.75) is 17.2 Å². The minimum Gasteiger partial charge on any atom is -0.300 e. The standard InChI is InChI=1S/C19H17N3O2S2/c23-16(15-9-5-2-6-10-15)13-25-19-22-21-18(26-19)20-17(24)12-11-14-7-3-1-4-8-14/h1-10H,11-13H2,(H,20,21,24). The van der Waals surface area contributed by atoms with Gasteiger partial charge in [0.1, 0.15) is 0 Å². The van der Waals surface area contributed by atoms with E-state index in [-0.39, 0.29) is 11.7 Å². The van der Waals surface area contributed by atoms with Crippen LogP contribution in [0, 0.1) is 0 Å². The second-order valence-corrected chi connectivity index (χ2v) is 7.68. The molecular formula is C19H17N3O2S2. The van der Waals surface area contributed by atoms with Crippen molar-refractivity contribution in [1.82, 2.24) is 10.2 Å². The van der Waals surface area contributed by atoms with Crippen molar-refractivity contribution in [3.05, 3.63) is 71.8 Å². The van der Waals surface area contributed by atoms with Crippen LogP contribution in [0.4, 0.5) is 5.13 Å². The molecule has 5 nitrogen and oxygen atoms in total. The number of anilines is 1. The summed E-state index contributed by atoms with van der Waals surface area (Å²) in [6.45, 7) is 0. The molecule has 0 saturated carbocycles. The third-order valence-electron chi connectivity index (χ3n) is 3.56. The Kier molecular flexibility index (Phi) is 6.51. The summed E-state index contributed by atoms with van der Waals surface area (Å²) in [7, 11) is 0. The van der Waals surface area contributed by atoms with Gasteiger partial charge in [-0.05, 0) is 12.0 Å². The molecule has 26 heavy (non-hydrogen) atoms. The molecule has 1 heterocycles. The molecule has 0 saturated heterocycles. The number of hydrogen-bond acceptors (Lipinski definition) is 6. The molecule has 132 valence electrons. The summed E-state index contributed by atoms with van der Waals surface area (Å²) in [5, 5.41) is 11.2. The number of aryl methyl sites for hydroxylation is 1. The minimum absolute atomic E-state index is 0.0410. The summed E-state index contributed by atoms with van der Waals surface area (Å²) in [6, 6.07) is 19.0. The first-order chi connectivity index (χ1) is 12.7. The Labute approximate surface area is 159 Å². The molecule has 0 bridgehead atoms. The Morgan fingerprint density at radius 1 is 0.962 bits per heavy atom. The molecule has 0 unspecified atom stereocenters. The highest BCUT2D eigenvalue weighted by Crippen LogP contribution is 2.26. The molecule has 1 amide bonds. The van der Waals surface area contributed by atoms with Gasteiger partial charge in [-0.3, -0.25) is 9.59 Å². The maximum absolute atomic E-state index is 12.1. The van der Waals surface area contributed by atoms with Gasteiger partial charge < -0.3 is 5.32 Å². The van der Waals surface area contributed by atoms with Crippen molar-refractivity contribution < 1.29 is 9.59 Å². The number of ketones is 1. The average Bonchev–Trinajstić information content (AvgIpc) is 3.13. The number of carbonyl (C=O) groups excluding carboxylic acids is 2. The summed E-state index contributed by atoms with van der Waals surface area (Å²) < 4.78 is 0.660. The number of carbonyl (C=O) groups is 2. The number of Topliss-reactive ketones (excluding diaryl/α,β-unsaturated/α-hetero) is 1. The van der Waals surface area contributed by atoms with Crippen molar-refractivity contribution in [3.8, 4) is 0 Å². The number of rotatable bonds is 8. The molecular weight excluding hydrogens is 366 g/mol. The van der Waals surface area contributed by atoms with Crippen molar-refractivity contribution in [1.29, 1.82) is 0 Å². The van der Waals surface area contributed by atoms with Gasteiger partial charge in [0.05, 0.1) is 5.75 Å². The normalized spacial score (nSPS) is 10.5. The van der Waals surface area contributed by atoms with Gasteiger partial charge in [0.2, 0.25) is 11.0 Å². The Bertz CT molecular complexity index is 867. The maximum atomic E-state index is 12.1. The van der Waals surface area contributed by atoms with E-state index < -0.39 is 0 Å². The fourth-order valence-corrected chi connectivity index (χ4v) is 3.90. The monoisotopic (exact) mass is 383 g/mol. The molecule has 0 atom stereocenters. The van der Waals surface area contributed by atoms with Crippen LogP contribution in [0.1, 0.15) is 22.3 Å². The summed E-state index contributed by atoms with van der Waals surface area (Å²) in [6.07, 6.45) is 1.07. The first kappa shape index (κ1) is 18.3. The zero-order valence-corrected chi connectivity index (χ0v) is 15.6. The SMILES string of the molecule is O=C(CCc1ccccc1)Nc1nnc(SCC(=O)c2ccccc2)s1. The van der Waals surface area contributed by atoms with E-state index in [9.17, 15) is 9.59 Å². The van der Waals surface area contributed by atoms with Crippen LogP contribution in [0.25, 0.3) is 0 Å². The Morgan fingerprint density at radius 3 is 2.38 bits per heavy atom. The highest BCUT2D eigenvalue weighted by Gasteiger charge is 2.11. The Hall–Kier alpha value is -2.51. The quantitative estimate of drug-likeness (QED) is 0.360. The highest BCUT2D eigenvalue weighted by atomic mass is 32.2. The van der Waals surface area contributed by atoms with Crippen molar-refractivity contribution in [3.63, 3.8) is 0 Å². The van der Waals surface area contributed by atoms with E-state index in [2.05, 4.69) is 15.5 Å². The van der Waals surface area contributed by atoms with Crippen LogP contribution in [0.15, 0.2) is 65.0 Å².